The second-order valence-electron chi connectivity index (χ2n) is 5.84. The van der Waals surface area contributed by atoms with E-state index in [0.29, 0.717) is 0 Å². The Balaban J connectivity index is 1.71. The van der Waals surface area contributed by atoms with Crippen LogP contribution in [0.5, 0.6) is 0 Å². The summed E-state index contributed by atoms with van der Waals surface area (Å²) in [6, 6.07) is 25.0. The first-order valence-corrected chi connectivity index (χ1v) is 7.98. The number of aromatic nitrogens is 3. The maximum atomic E-state index is 3.54. The summed E-state index contributed by atoms with van der Waals surface area (Å²) in [6.07, 6.45) is 7.46. The van der Waals surface area contributed by atoms with E-state index in [1.54, 1.807) is 0 Å². The Kier molecular flexibility index (Phi) is 2.79. The average Bonchev–Trinajstić information content (AvgIpc) is 3.27. The van der Waals surface area contributed by atoms with Crippen molar-refractivity contribution in [3.63, 3.8) is 0 Å². The summed E-state index contributed by atoms with van der Waals surface area (Å²) in [5.74, 6) is 0. The van der Waals surface area contributed by atoms with Gasteiger partial charge in [-0.05, 0) is 24.3 Å². The normalized spacial score (nSPS) is 11.3. The van der Waals surface area contributed by atoms with Crippen LogP contribution < -0.4 is 4.57 Å². The number of fused-ring (bicyclic) bond motifs is 3. The minimum absolute atomic E-state index is 1.10. The van der Waals surface area contributed by atoms with Crippen LogP contribution in [0.1, 0.15) is 0 Å². The maximum absolute atomic E-state index is 3.54. The van der Waals surface area contributed by atoms with E-state index in [4.69, 9.17) is 0 Å². The molecule has 2 aromatic heterocycles. The third-order valence-corrected chi connectivity index (χ3v) is 4.39. The molecular weight excluding hydrogens is 294 g/mol. The van der Waals surface area contributed by atoms with Crippen LogP contribution in [0.4, 0.5) is 0 Å². The predicted molar refractivity (Wildman–Crippen MR) is 95.5 cm³/mol. The van der Waals surface area contributed by atoms with Gasteiger partial charge >= 0.3 is 0 Å². The van der Waals surface area contributed by atoms with E-state index < -0.39 is 0 Å². The summed E-state index contributed by atoms with van der Waals surface area (Å²) in [5, 5.41) is 2.48. The van der Waals surface area contributed by atoms with Gasteiger partial charge in [-0.3, -0.25) is 9.13 Å². The molecule has 0 amide bonds. The number of benzene rings is 3. The van der Waals surface area contributed by atoms with Crippen molar-refractivity contribution in [2.24, 2.45) is 0 Å². The van der Waals surface area contributed by atoms with Crippen molar-refractivity contribution in [3.05, 3.63) is 91.5 Å². The molecule has 114 valence electrons. The summed E-state index contributed by atoms with van der Waals surface area (Å²) in [5.41, 5.74) is 4.48. The van der Waals surface area contributed by atoms with E-state index in [2.05, 4.69) is 65.9 Å². The number of para-hydroxylation sites is 3. The fourth-order valence-corrected chi connectivity index (χ4v) is 3.24. The van der Waals surface area contributed by atoms with E-state index in [9.17, 15) is 0 Å². The van der Waals surface area contributed by atoms with Crippen LogP contribution in [-0.4, -0.2) is 9.55 Å². The second kappa shape index (κ2) is 5.10. The molecule has 5 aromatic rings. The molecule has 0 saturated heterocycles. The van der Waals surface area contributed by atoms with Gasteiger partial charge in [0.05, 0.1) is 16.9 Å². The Bertz CT molecular complexity index is 1150. The number of rotatable bonds is 2. The second-order valence-corrected chi connectivity index (χ2v) is 5.84. The van der Waals surface area contributed by atoms with E-state index >= 15 is 0 Å². The first-order chi connectivity index (χ1) is 11.9. The monoisotopic (exact) mass is 309 g/mol. The smallest absolute Gasteiger partial charge is 0.268 e. The molecule has 0 atom stereocenters. The molecular formula is C21H15N3. The van der Waals surface area contributed by atoms with Gasteiger partial charge in [0.15, 0.2) is 0 Å². The van der Waals surface area contributed by atoms with Gasteiger partial charge in [-0.2, -0.15) is 0 Å². The fraction of sp³-hybridized carbons (Fsp3) is 0. The zero-order chi connectivity index (χ0) is 15.9. The lowest BCUT2D eigenvalue weighted by molar-refractivity contribution is -0.597. The van der Waals surface area contributed by atoms with E-state index in [1.165, 1.54) is 10.8 Å². The van der Waals surface area contributed by atoms with Crippen LogP contribution in [0.25, 0.3) is 33.2 Å². The van der Waals surface area contributed by atoms with E-state index in [1.807, 2.05) is 39.7 Å². The molecule has 5 rings (SSSR count). The highest BCUT2D eigenvalue weighted by Gasteiger charge is 2.10. The molecule has 0 spiro atoms. The molecule has 0 fully saturated rings. The summed E-state index contributed by atoms with van der Waals surface area (Å²) in [6.45, 7) is 0. The Morgan fingerprint density at radius 3 is 2.50 bits per heavy atom. The zero-order valence-electron chi connectivity index (χ0n) is 13.0. The lowest BCUT2D eigenvalue weighted by Gasteiger charge is -2.03. The number of hydrogen-bond acceptors (Lipinski definition) is 0. The molecule has 0 aliphatic heterocycles. The van der Waals surface area contributed by atoms with E-state index in [-0.39, 0.29) is 0 Å². The standard InChI is InChI=1S/C21H15N3/c1-2-7-16(8-3-1)23-13-14-24(15-23)20-12-6-10-18-17-9-4-5-11-19(17)22-21(18)20/h1-14,22H. The van der Waals surface area contributed by atoms with Crippen LogP contribution in [-0.2, 0) is 0 Å². The molecule has 3 heteroatoms. The van der Waals surface area contributed by atoms with Crippen LogP contribution in [0, 0.1) is 6.33 Å². The highest BCUT2D eigenvalue weighted by Crippen LogP contribution is 2.27. The van der Waals surface area contributed by atoms with Crippen molar-refractivity contribution in [1.82, 2.24) is 9.55 Å². The minimum atomic E-state index is 1.10. The van der Waals surface area contributed by atoms with Gasteiger partial charge in [0.2, 0.25) is 0 Å². The topological polar surface area (TPSA) is 24.6 Å². The van der Waals surface area contributed by atoms with Crippen molar-refractivity contribution in [3.8, 4) is 11.4 Å². The first kappa shape index (κ1) is 13.1. The Labute approximate surface area is 139 Å². The molecule has 0 saturated carbocycles. The van der Waals surface area contributed by atoms with Crippen LogP contribution in [0.2, 0.25) is 0 Å². The van der Waals surface area contributed by atoms with Gasteiger partial charge in [-0.25, -0.2) is 0 Å². The van der Waals surface area contributed by atoms with Gasteiger partial charge in [0, 0.05) is 28.7 Å². The van der Waals surface area contributed by atoms with Crippen molar-refractivity contribution in [2.45, 2.75) is 0 Å². The molecule has 24 heavy (non-hydrogen) atoms. The van der Waals surface area contributed by atoms with Gasteiger partial charge < -0.3 is 4.98 Å². The highest BCUT2D eigenvalue weighted by molar-refractivity contribution is 6.09. The van der Waals surface area contributed by atoms with Crippen LogP contribution in [0.3, 0.4) is 0 Å². The SMILES string of the molecule is [c-]1n(-c2ccccc2)cc[n+]1-c1cccc2c1[nH]c1ccccc12. The summed E-state index contributed by atoms with van der Waals surface area (Å²) in [4.78, 5) is 3.54. The Morgan fingerprint density at radius 2 is 1.58 bits per heavy atom. The highest BCUT2D eigenvalue weighted by atomic mass is 15.1. The number of imidazole rings is 1. The van der Waals surface area contributed by atoms with Gasteiger partial charge in [-0.1, -0.05) is 48.5 Å². The largest absolute Gasteiger partial charge is 0.357 e. The number of aromatic amines is 1. The lowest BCUT2D eigenvalue weighted by Crippen LogP contribution is -2.28. The summed E-state index contributed by atoms with van der Waals surface area (Å²) >= 11 is 0. The van der Waals surface area contributed by atoms with Crippen LogP contribution in [0.15, 0.2) is 85.2 Å². The molecule has 1 N–H and O–H groups in total. The zero-order valence-corrected chi connectivity index (χ0v) is 13.0. The fourth-order valence-electron chi connectivity index (χ4n) is 3.24. The summed E-state index contributed by atoms with van der Waals surface area (Å²) in [7, 11) is 0. The van der Waals surface area contributed by atoms with Gasteiger partial charge in [-0.15, -0.1) is 0 Å². The van der Waals surface area contributed by atoms with E-state index in [0.717, 1.165) is 22.4 Å². The van der Waals surface area contributed by atoms with Crippen molar-refractivity contribution in [2.75, 3.05) is 0 Å². The predicted octanol–water partition coefficient (Wildman–Crippen LogP) is 4.19. The maximum Gasteiger partial charge on any atom is 0.268 e. The Hall–Kier alpha value is -3.33. The number of nitrogens with one attached hydrogen (secondary N) is 1. The quantitative estimate of drug-likeness (QED) is 0.374. The van der Waals surface area contributed by atoms with Crippen molar-refractivity contribution in [1.29, 1.82) is 0 Å². The third kappa shape index (κ3) is 1.95. The molecule has 3 aromatic carbocycles. The molecule has 0 aliphatic carbocycles. The molecule has 0 unspecified atom stereocenters. The number of hydrogen-bond donors (Lipinski definition) is 1. The number of H-pyrrole nitrogens is 1. The molecule has 3 nitrogen and oxygen atoms in total. The molecule has 0 radical (unpaired) electrons. The Morgan fingerprint density at radius 1 is 0.792 bits per heavy atom. The van der Waals surface area contributed by atoms with Crippen LogP contribution >= 0.6 is 0 Å². The molecule has 0 bridgehead atoms. The lowest BCUT2D eigenvalue weighted by atomic mass is 10.1. The summed E-state index contributed by atoms with van der Waals surface area (Å²) < 4.78 is 4.03. The van der Waals surface area contributed by atoms with Gasteiger partial charge in [0.25, 0.3) is 6.33 Å². The van der Waals surface area contributed by atoms with Crippen molar-refractivity contribution < 1.29 is 4.57 Å². The third-order valence-electron chi connectivity index (χ3n) is 4.39. The minimum Gasteiger partial charge on any atom is -0.357 e. The van der Waals surface area contributed by atoms with Crippen molar-refractivity contribution >= 4 is 21.8 Å². The number of nitrogens with zero attached hydrogens (tertiary/aromatic N) is 2. The molecule has 2 heterocycles. The first-order valence-electron chi connectivity index (χ1n) is 7.98. The average molecular weight is 309 g/mol. The molecule has 0 aliphatic rings. The van der Waals surface area contributed by atoms with Gasteiger partial charge in [0.1, 0.15) is 0 Å².